The van der Waals surface area contributed by atoms with Crippen molar-refractivity contribution in [3.8, 4) is 0 Å². The highest BCUT2D eigenvalue weighted by Gasteiger charge is 2.02. The first-order valence-electron chi connectivity index (χ1n) is 9.65. The van der Waals surface area contributed by atoms with Crippen LogP contribution in [0.3, 0.4) is 0 Å². The van der Waals surface area contributed by atoms with Gasteiger partial charge < -0.3 is 14.9 Å². The second-order valence-electron chi connectivity index (χ2n) is 6.43. The summed E-state index contributed by atoms with van der Waals surface area (Å²) in [6, 6.07) is 0. The van der Waals surface area contributed by atoms with Gasteiger partial charge in [0.1, 0.15) is 0 Å². The maximum atomic E-state index is 11.5. The molecular weight excluding hydrogens is 308 g/mol. The Kier molecular flexibility index (Phi) is 17.4. The van der Waals surface area contributed by atoms with Crippen LogP contribution in [0.15, 0.2) is 0 Å². The summed E-state index contributed by atoms with van der Waals surface area (Å²) in [6.07, 6.45) is 14.0. The molecule has 0 heterocycles. The minimum Gasteiger partial charge on any atom is -0.481 e. The molecule has 0 atom stereocenters. The van der Waals surface area contributed by atoms with E-state index >= 15 is 0 Å². The van der Waals surface area contributed by atoms with E-state index in [9.17, 15) is 9.59 Å². The van der Waals surface area contributed by atoms with E-state index < -0.39 is 5.97 Å². The van der Waals surface area contributed by atoms with Gasteiger partial charge in [0.05, 0.1) is 6.61 Å². The van der Waals surface area contributed by atoms with Crippen molar-refractivity contribution < 1.29 is 24.5 Å². The van der Waals surface area contributed by atoms with Gasteiger partial charge in [0.15, 0.2) is 0 Å². The lowest BCUT2D eigenvalue weighted by Crippen LogP contribution is -2.05. The number of aliphatic carboxylic acids is 1. The number of aliphatic hydroxyl groups excluding tert-OH is 1. The van der Waals surface area contributed by atoms with Crippen molar-refractivity contribution in [3.63, 3.8) is 0 Å². The summed E-state index contributed by atoms with van der Waals surface area (Å²) in [5.41, 5.74) is 0. The van der Waals surface area contributed by atoms with Crippen molar-refractivity contribution in [1.82, 2.24) is 0 Å². The molecule has 0 aliphatic heterocycles. The molecule has 5 heteroatoms. The summed E-state index contributed by atoms with van der Waals surface area (Å²) in [5.74, 6) is -0.816. The van der Waals surface area contributed by atoms with Crippen molar-refractivity contribution in [1.29, 1.82) is 0 Å². The van der Waals surface area contributed by atoms with E-state index in [0.29, 0.717) is 19.6 Å². The van der Waals surface area contributed by atoms with Gasteiger partial charge in [-0.1, -0.05) is 57.8 Å². The number of unbranched alkanes of at least 4 members (excludes halogenated alkanes) is 11. The van der Waals surface area contributed by atoms with Crippen LogP contribution in [-0.2, 0) is 14.3 Å². The van der Waals surface area contributed by atoms with E-state index in [4.69, 9.17) is 14.9 Å². The van der Waals surface area contributed by atoms with Gasteiger partial charge in [-0.2, -0.15) is 0 Å². The zero-order chi connectivity index (χ0) is 17.9. The van der Waals surface area contributed by atoms with Gasteiger partial charge in [0.2, 0.25) is 0 Å². The Hall–Kier alpha value is -1.10. The molecule has 0 aromatic carbocycles. The van der Waals surface area contributed by atoms with Crippen LogP contribution >= 0.6 is 0 Å². The minimum atomic E-state index is -0.723. The summed E-state index contributed by atoms with van der Waals surface area (Å²) in [7, 11) is 0. The molecule has 24 heavy (non-hydrogen) atoms. The third kappa shape index (κ3) is 18.9. The Labute approximate surface area is 146 Å². The molecule has 0 bridgehead atoms. The third-order valence-electron chi connectivity index (χ3n) is 4.09. The molecular formula is C19H36O5. The first kappa shape index (κ1) is 22.9. The van der Waals surface area contributed by atoms with Gasteiger partial charge in [0, 0.05) is 19.4 Å². The van der Waals surface area contributed by atoms with Crippen LogP contribution in [0.1, 0.15) is 96.3 Å². The number of rotatable bonds is 18. The van der Waals surface area contributed by atoms with Crippen LogP contribution in [0.4, 0.5) is 0 Å². The molecule has 0 amide bonds. The fourth-order valence-electron chi connectivity index (χ4n) is 2.61. The summed E-state index contributed by atoms with van der Waals surface area (Å²) >= 11 is 0. The zero-order valence-electron chi connectivity index (χ0n) is 15.1. The van der Waals surface area contributed by atoms with E-state index in [2.05, 4.69) is 0 Å². The largest absolute Gasteiger partial charge is 0.481 e. The average Bonchev–Trinajstić information content (AvgIpc) is 2.55. The molecule has 5 nitrogen and oxygen atoms in total. The molecule has 142 valence electrons. The molecule has 0 saturated heterocycles. The maximum absolute atomic E-state index is 11.5. The van der Waals surface area contributed by atoms with Gasteiger partial charge >= 0.3 is 11.9 Å². The molecule has 0 aliphatic rings. The van der Waals surface area contributed by atoms with Crippen LogP contribution in [0.25, 0.3) is 0 Å². The topological polar surface area (TPSA) is 83.8 Å². The van der Waals surface area contributed by atoms with Crippen LogP contribution in [0.2, 0.25) is 0 Å². The van der Waals surface area contributed by atoms with Gasteiger partial charge in [0.25, 0.3) is 0 Å². The summed E-state index contributed by atoms with van der Waals surface area (Å²) in [6.45, 7) is 0.825. The van der Waals surface area contributed by atoms with Crippen LogP contribution in [0, 0.1) is 0 Å². The van der Waals surface area contributed by atoms with Crippen molar-refractivity contribution in [2.45, 2.75) is 96.3 Å². The number of carbonyl (C=O) groups is 2. The number of carboxylic acids is 1. The number of carbonyl (C=O) groups excluding carboxylic acids is 1. The molecule has 0 unspecified atom stereocenters. The van der Waals surface area contributed by atoms with E-state index in [1.807, 2.05) is 0 Å². The first-order valence-corrected chi connectivity index (χ1v) is 9.65. The quantitative estimate of drug-likeness (QED) is 0.283. The lowest BCUT2D eigenvalue weighted by molar-refractivity contribution is -0.144. The summed E-state index contributed by atoms with van der Waals surface area (Å²) in [4.78, 5) is 21.9. The summed E-state index contributed by atoms with van der Waals surface area (Å²) < 4.78 is 5.22. The molecule has 0 aliphatic carbocycles. The van der Waals surface area contributed by atoms with E-state index in [0.717, 1.165) is 64.2 Å². The fraction of sp³-hybridized carbons (Fsp3) is 0.895. The predicted octanol–water partition coefficient (Wildman–Crippen LogP) is 4.46. The first-order chi connectivity index (χ1) is 11.7. The van der Waals surface area contributed by atoms with Gasteiger partial charge in [-0.3, -0.25) is 9.59 Å². The molecule has 0 saturated carbocycles. The number of ether oxygens (including phenoxy) is 1. The van der Waals surface area contributed by atoms with Crippen LogP contribution < -0.4 is 0 Å². The van der Waals surface area contributed by atoms with Crippen molar-refractivity contribution in [2.75, 3.05) is 13.2 Å². The molecule has 0 aromatic rings. The van der Waals surface area contributed by atoms with Crippen molar-refractivity contribution >= 4 is 11.9 Å². The number of esters is 1. The maximum Gasteiger partial charge on any atom is 0.305 e. The Balaban J connectivity index is 3.17. The monoisotopic (exact) mass is 344 g/mol. The normalized spacial score (nSPS) is 10.7. The van der Waals surface area contributed by atoms with Crippen LogP contribution in [-0.4, -0.2) is 35.4 Å². The molecule has 0 rings (SSSR count). The fourth-order valence-corrected chi connectivity index (χ4v) is 2.61. The average molecular weight is 344 g/mol. The SMILES string of the molecule is O=C(O)CCCCCCCCC(=O)OCCCCCCCCCO. The van der Waals surface area contributed by atoms with E-state index in [-0.39, 0.29) is 12.4 Å². The Morgan fingerprint density at radius 2 is 1.08 bits per heavy atom. The number of hydrogen-bond acceptors (Lipinski definition) is 4. The Morgan fingerprint density at radius 3 is 1.62 bits per heavy atom. The lowest BCUT2D eigenvalue weighted by Gasteiger charge is -2.05. The molecule has 0 fully saturated rings. The van der Waals surface area contributed by atoms with Crippen molar-refractivity contribution in [3.05, 3.63) is 0 Å². The molecule has 0 spiro atoms. The highest BCUT2D eigenvalue weighted by atomic mass is 16.5. The van der Waals surface area contributed by atoms with Crippen LogP contribution in [0.5, 0.6) is 0 Å². The minimum absolute atomic E-state index is 0.0937. The van der Waals surface area contributed by atoms with Crippen molar-refractivity contribution in [2.24, 2.45) is 0 Å². The second kappa shape index (κ2) is 18.2. The predicted molar refractivity (Wildman–Crippen MR) is 94.9 cm³/mol. The standard InChI is InChI=1S/C19H36O5/c20-16-12-8-4-1-5-9-13-17-24-19(23)15-11-7-3-2-6-10-14-18(21)22/h20H,1-17H2,(H,21,22). The molecule has 0 aromatic heterocycles. The summed E-state index contributed by atoms with van der Waals surface area (Å²) in [5, 5.41) is 17.2. The van der Waals surface area contributed by atoms with Gasteiger partial charge in [-0.25, -0.2) is 0 Å². The molecule has 2 N–H and O–H groups in total. The number of hydrogen-bond donors (Lipinski definition) is 2. The van der Waals surface area contributed by atoms with Gasteiger partial charge in [-0.05, 0) is 25.7 Å². The smallest absolute Gasteiger partial charge is 0.305 e. The number of carboxylic acid groups (broad SMARTS) is 1. The Morgan fingerprint density at radius 1 is 0.625 bits per heavy atom. The van der Waals surface area contributed by atoms with Gasteiger partial charge in [-0.15, -0.1) is 0 Å². The second-order valence-corrected chi connectivity index (χ2v) is 6.43. The van der Waals surface area contributed by atoms with E-state index in [1.54, 1.807) is 0 Å². The van der Waals surface area contributed by atoms with E-state index in [1.165, 1.54) is 19.3 Å². The highest BCUT2D eigenvalue weighted by Crippen LogP contribution is 2.10. The zero-order valence-corrected chi connectivity index (χ0v) is 15.1. The Bertz CT molecular complexity index is 304. The third-order valence-corrected chi connectivity index (χ3v) is 4.09. The molecule has 0 radical (unpaired) electrons. The lowest BCUT2D eigenvalue weighted by atomic mass is 10.1. The number of aliphatic hydroxyl groups is 1. The highest BCUT2D eigenvalue weighted by molar-refractivity contribution is 5.69.